The van der Waals surface area contributed by atoms with Gasteiger partial charge in [-0.2, -0.15) is 0 Å². The molecule has 4 amide bonds. The molecule has 294 valence electrons. The van der Waals surface area contributed by atoms with E-state index >= 15 is 0 Å². The average molecular weight is 781 g/mol. The number of aromatic nitrogens is 4. The van der Waals surface area contributed by atoms with Crippen molar-refractivity contribution in [3.05, 3.63) is 72.4 Å². The number of H-pyrrole nitrogens is 2. The summed E-state index contributed by atoms with van der Waals surface area (Å²) in [5.74, 6) is 1.66. The first-order valence-electron chi connectivity index (χ1n) is 19.0. The number of methoxy groups -OCH3 is 2. The number of fused-ring (bicyclic) bond motifs is 3. The van der Waals surface area contributed by atoms with Gasteiger partial charge in [-0.25, -0.2) is 19.6 Å². The van der Waals surface area contributed by atoms with Crippen LogP contribution in [-0.2, 0) is 19.1 Å². The van der Waals surface area contributed by atoms with Crippen molar-refractivity contribution >= 4 is 57.6 Å². The number of hydrogen-bond donors (Lipinski definition) is 4. The van der Waals surface area contributed by atoms with Gasteiger partial charge in [0, 0.05) is 24.2 Å². The van der Waals surface area contributed by atoms with Crippen LogP contribution in [0.2, 0.25) is 0 Å². The summed E-state index contributed by atoms with van der Waals surface area (Å²) in [5.41, 5.74) is 5.67. The topological polar surface area (TPSA) is 175 Å². The van der Waals surface area contributed by atoms with Crippen molar-refractivity contribution in [1.29, 1.82) is 0 Å². The van der Waals surface area contributed by atoms with Crippen LogP contribution >= 0.6 is 11.8 Å². The van der Waals surface area contributed by atoms with Crippen molar-refractivity contribution < 1.29 is 28.7 Å². The fraction of sp³-hybridized carbons (Fsp3) is 0.415. The summed E-state index contributed by atoms with van der Waals surface area (Å²) >= 11 is 1.65. The van der Waals surface area contributed by atoms with E-state index in [0.717, 1.165) is 68.6 Å². The Labute approximate surface area is 329 Å². The second-order valence-corrected chi connectivity index (χ2v) is 16.1. The minimum Gasteiger partial charge on any atom is -0.453 e. The number of imidazole rings is 2. The molecule has 14 nitrogen and oxygen atoms in total. The van der Waals surface area contributed by atoms with E-state index in [2.05, 4.69) is 74.1 Å². The molecule has 56 heavy (non-hydrogen) atoms. The summed E-state index contributed by atoms with van der Waals surface area (Å²) in [6.45, 7) is 8.74. The maximum atomic E-state index is 13.7. The third-order valence-electron chi connectivity index (χ3n) is 10.7. The Balaban J connectivity index is 1.07. The van der Waals surface area contributed by atoms with E-state index in [0.29, 0.717) is 18.9 Å². The number of aromatic amines is 2. The maximum absolute atomic E-state index is 13.7. The van der Waals surface area contributed by atoms with E-state index in [9.17, 15) is 19.2 Å². The van der Waals surface area contributed by atoms with E-state index < -0.39 is 24.3 Å². The molecule has 7 rings (SSSR count). The van der Waals surface area contributed by atoms with Gasteiger partial charge in [-0.1, -0.05) is 70.2 Å². The van der Waals surface area contributed by atoms with Crippen LogP contribution < -0.4 is 10.6 Å². The third kappa shape index (κ3) is 7.64. The molecule has 0 radical (unpaired) electrons. The average Bonchev–Trinajstić information content (AvgIpc) is 4.04. The van der Waals surface area contributed by atoms with Gasteiger partial charge in [0.25, 0.3) is 0 Å². The number of carbonyl (C=O) groups excluding carboxylic acids is 4. The fourth-order valence-electron chi connectivity index (χ4n) is 7.61. The van der Waals surface area contributed by atoms with Crippen LogP contribution in [0, 0.1) is 11.8 Å². The van der Waals surface area contributed by atoms with Crippen molar-refractivity contribution in [3.63, 3.8) is 0 Å². The smallest absolute Gasteiger partial charge is 0.407 e. The summed E-state index contributed by atoms with van der Waals surface area (Å²) in [6.07, 6.45) is 2.17. The molecule has 2 aliphatic heterocycles. The molecule has 2 fully saturated rings. The van der Waals surface area contributed by atoms with E-state index in [4.69, 9.17) is 14.5 Å². The second kappa shape index (κ2) is 16.3. The molecule has 4 atom stereocenters. The van der Waals surface area contributed by atoms with E-state index in [1.165, 1.54) is 14.2 Å². The number of alkyl carbamates (subject to hydrolysis) is 2. The quantitative estimate of drug-likeness (QED) is 0.119. The van der Waals surface area contributed by atoms with Crippen molar-refractivity contribution in [2.24, 2.45) is 11.8 Å². The number of ether oxygens (including phenoxy) is 2. The first kappa shape index (κ1) is 38.7. The molecule has 4 N–H and O–H groups in total. The normalized spacial score (nSPS) is 18.1. The zero-order valence-electron chi connectivity index (χ0n) is 32.4. The Morgan fingerprint density at radius 2 is 1.43 bits per heavy atom. The van der Waals surface area contributed by atoms with Gasteiger partial charge in [0.15, 0.2) is 0 Å². The Kier molecular flexibility index (Phi) is 11.2. The number of nitrogens with zero attached hydrogens (tertiary/aromatic N) is 4. The molecule has 0 saturated carbocycles. The summed E-state index contributed by atoms with van der Waals surface area (Å²) in [7, 11) is 2.58. The van der Waals surface area contributed by atoms with Crippen LogP contribution in [0.5, 0.6) is 0 Å². The standard InChI is InChI=1S/C41H48N8O6S/c1-22(2)32(46-40(52)54-5)37(50)48-17-7-8-31(48)35-42-21-30(44-35)25-11-9-24(10-12-25)26-13-15-28-27(20-26)14-16-29-34(28)45-36(43-29)39-49(18-19-56-39)38(51)33(23(3)4)47-41(53)55-6/h9-16,20-23,31-33,39H,7-8,17-19H2,1-6H3,(H,42,44)(H,43,45)(H,46,52)(H,47,53)/t31-,32-,33-,39-/m0/s1. The molecule has 15 heteroatoms. The highest BCUT2D eigenvalue weighted by molar-refractivity contribution is 7.99. The highest BCUT2D eigenvalue weighted by atomic mass is 32.2. The van der Waals surface area contributed by atoms with Crippen LogP contribution in [0.15, 0.2) is 60.8 Å². The molecular weight excluding hydrogens is 733 g/mol. The van der Waals surface area contributed by atoms with Gasteiger partial charge in [-0.15, -0.1) is 11.8 Å². The van der Waals surface area contributed by atoms with Crippen molar-refractivity contribution in [3.8, 4) is 22.4 Å². The third-order valence-corrected chi connectivity index (χ3v) is 11.9. The SMILES string of the molecule is COC(=O)N[C@H](C(=O)N1CCC[C@H]1c1ncc(-c2ccc(-c3ccc4c(ccc5[nH]c([C@@H]6SCCN6C(=O)[C@@H](NC(=O)OC)C(C)C)nc54)c3)cc2)[nH]1)C(C)C. The lowest BCUT2D eigenvalue weighted by Crippen LogP contribution is -2.51. The molecule has 0 aliphatic carbocycles. The van der Waals surface area contributed by atoms with Gasteiger partial charge in [-0.3, -0.25) is 9.59 Å². The van der Waals surface area contributed by atoms with Crippen LogP contribution in [0.4, 0.5) is 9.59 Å². The lowest BCUT2D eigenvalue weighted by Gasteiger charge is -2.30. The lowest BCUT2D eigenvalue weighted by molar-refractivity contribution is -0.136. The summed E-state index contributed by atoms with van der Waals surface area (Å²) in [6, 6.07) is 17.1. The van der Waals surface area contributed by atoms with E-state index in [-0.39, 0.29) is 35.1 Å². The molecule has 0 spiro atoms. The Bertz CT molecular complexity index is 2250. The van der Waals surface area contributed by atoms with Crippen LogP contribution in [-0.4, -0.2) is 98.9 Å². The zero-order chi connectivity index (χ0) is 39.7. The first-order valence-corrected chi connectivity index (χ1v) is 20.0. The number of amides is 4. The van der Waals surface area contributed by atoms with Gasteiger partial charge in [0.1, 0.15) is 29.1 Å². The minimum absolute atomic E-state index is 0.107. The molecule has 4 heterocycles. The predicted octanol–water partition coefficient (Wildman–Crippen LogP) is 6.77. The number of benzene rings is 3. The molecule has 0 bridgehead atoms. The minimum atomic E-state index is -0.708. The predicted molar refractivity (Wildman–Crippen MR) is 216 cm³/mol. The van der Waals surface area contributed by atoms with Gasteiger partial charge in [0.2, 0.25) is 11.8 Å². The van der Waals surface area contributed by atoms with E-state index in [1.54, 1.807) is 22.9 Å². The Morgan fingerprint density at radius 3 is 2.09 bits per heavy atom. The molecule has 2 saturated heterocycles. The summed E-state index contributed by atoms with van der Waals surface area (Å²) in [5, 5.41) is 7.14. The van der Waals surface area contributed by atoms with Crippen LogP contribution in [0.25, 0.3) is 44.2 Å². The summed E-state index contributed by atoms with van der Waals surface area (Å²) in [4.78, 5) is 71.4. The Morgan fingerprint density at radius 1 is 0.786 bits per heavy atom. The number of rotatable bonds is 10. The number of nitrogens with one attached hydrogen (secondary N) is 4. The highest BCUT2D eigenvalue weighted by Gasteiger charge is 2.39. The van der Waals surface area contributed by atoms with Crippen molar-refractivity contribution in [2.75, 3.05) is 33.1 Å². The zero-order valence-corrected chi connectivity index (χ0v) is 33.2. The molecular formula is C41H48N8O6S. The number of likely N-dealkylation sites (tertiary alicyclic amines) is 1. The summed E-state index contributed by atoms with van der Waals surface area (Å²) < 4.78 is 9.53. The molecule has 2 aliphatic rings. The van der Waals surface area contributed by atoms with Crippen molar-refractivity contribution in [1.82, 2.24) is 40.4 Å². The van der Waals surface area contributed by atoms with Crippen LogP contribution in [0.1, 0.15) is 63.6 Å². The molecule has 3 aromatic carbocycles. The van der Waals surface area contributed by atoms with Gasteiger partial charge in [-0.05, 0) is 58.9 Å². The Hall–Kier alpha value is -5.57. The monoisotopic (exact) mass is 780 g/mol. The fourth-order valence-corrected chi connectivity index (χ4v) is 8.79. The van der Waals surface area contributed by atoms with Crippen LogP contribution in [0.3, 0.4) is 0 Å². The molecule has 2 aromatic heterocycles. The molecule has 0 unspecified atom stereocenters. The highest BCUT2D eigenvalue weighted by Crippen LogP contribution is 2.39. The van der Waals surface area contributed by atoms with Gasteiger partial charge < -0.3 is 39.9 Å². The number of hydrogen-bond acceptors (Lipinski definition) is 9. The molecule has 5 aromatic rings. The van der Waals surface area contributed by atoms with Gasteiger partial charge in [0.05, 0.1) is 43.2 Å². The van der Waals surface area contributed by atoms with Crippen molar-refractivity contribution in [2.45, 2.75) is 64.0 Å². The number of thioether (sulfide) groups is 1. The van der Waals surface area contributed by atoms with E-state index in [1.807, 2.05) is 38.7 Å². The van der Waals surface area contributed by atoms with Gasteiger partial charge >= 0.3 is 12.2 Å². The first-order chi connectivity index (χ1) is 27.0. The maximum Gasteiger partial charge on any atom is 0.407 e. The lowest BCUT2D eigenvalue weighted by atomic mass is 9.99. The number of carbonyl (C=O) groups is 4. The second-order valence-electron chi connectivity index (χ2n) is 14.9. The largest absolute Gasteiger partial charge is 0.453 e.